The molecule has 0 aromatic heterocycles. The summed E-state index contributed by atoms with van der Waals surface area (Å²) in [6.07, 6.45) is 13.1. The summed E-state index contributed by atoms with van der Waals surface area (Å²) in [5, 5.41) is 3.79. The SMILES string of the molecule is CCCCCC[Si]1(C)C2=Cc3c(-c4ccccc4CC)cccc3[CH]2[Hf]([CH3])([CH3])[CH]2C1=Cc1c(-c3ccccc3CC)cccc12. The molecule has 0 bridgehead atoms. The van der Waals surface area contributed by atoms with Gasteiger partial charge < -0.3 is 0 Å². The molecule has 230 valence electrons. The van der Waals surface area contributed by atoms with E-state index in [-0.39, 0.29) is 0 Å². The molecule has 0 saturated carbocycles. The van der Waals surface area contributed by atoms with E-state index in [0.717, 1.165) is 12.8 Å². The first-order valence-electron chi connectivity index (χ1n) is 17.7. The Labute approximate surface area is 278 Å². The van der Waals surface area contributed by atoms with Crippen LogP contribution in [0.3, 0.4) is 0 Å². The normalized spacial score (nSPS) is 22.3. The van der Waals surface area contributed by atoms with E-state index in [4.69, 9.17) is 0 Å². The molecule has 3 aliphatic rings. The van der Waals surface area contributed by atoms with Gasteiger partial charge in [-0.05, 0) is 0 Å². The van der Waals surface area contributed by atoms with Gasteiger partial charge >= 0.3 is 280 Å². The molecule has 4 aromatic carbocycles. The molecule has 0 N–H and O–H groups in total. The van der Waals surface area contributed by atoms with Crippen LogP contribution in [0.2, 0.25) is 22.0 Å². The van der Waals surface area contributed by atoms with Gasteiger partial charge in [0.25, 0.3) is 0 Å². The van der Waals surface area contributed by atoms with Gasteiger partial charge in [0.15, 0.2) is 0 Å². The molecule has 2 atom stereocenters. The Hall–Kier alpha value is -2.55. The molecule has 1 aliphatic heterocycles. The minimum absolute atomic E-state index is 0.684. The topological polar surface area (TPSA) is 0 Å². The molecule has 7 rings (SSSR count). The van der Waals surface area contributed by atoms with Crippen LogP contribution in [0.5, 0.6) is 0 Å². The van der Waals surface area contributed by atoms with Crippen molar-refractivity contribution in [3.8, 4) is 22.3 Å². The number of aryl methyl sites for hydroxylation is 2. The first-order chi connectivity index (χ1) is 21.8. The minimum atomic E-state index is -3.07. The monoisotopic (exact) mass is 774 g/mol. The van der Waals surface area contributed by atoms with Gasteiger partial charge in [0.1, 0.15) is 0 Å². The molecular weight excluding hydrogens is 723 g/mol. The van der Waals surface area contributed by atoms with Crippen molar-refractivity contribution in [1.82, 2.24) is 0 Å². The maximum absolute atomic E-state index is 3.07. The van der Waals surface area contributed by atoms with Crippen molar-refractivity contribution in [2.45, 2.75) is 88.6 Å². The molecule has 0 amide bonds. The fourth-order valence-corrected chi connectivity index (χ4v) is 42.0. The Kier molecular flexibility index (Phi) is 8.45. The van der Waals surface area contributed by atoms with Gasteiger partial charge in [0.2, 0.25) is 0 Å². The zero-order chi connectivity index (χ0) is 31.3. The standard InChI is InChI=1S/C41H44Si.2CH3.Hf/c1-5-8-9-14-25-42(4,34-26-32-19-15-23-38(40(32)28-34)36-21-12-10-17-30(36)6-2)35-27-33-20-16-24-39(41(33)29-35)37-22-13-11-18-31(37)7-3;;;/h10-13,15-24,26-29H,5-9,14,25H2,1-4H3;2*1H3;. The molecule has 2 aliphatic carbocycles. The average Bonchev–Trinajstić information content (AvgIpc) is 3.68. The molecule has 1 fully saturated rings. The fraction of sp³-hybridized carbons (Fsp3) is 0.349. The van der Waals surface area contributed by atoms with Crippen molar-refractivity contribution < 1.29 is 20.0 Å². The van der Waals surface area contributed by atoms with Crippen LogP contribution in [0.25, 0.3) is 34.4 Å². The van der Waals surface area contributed by atoms with E-state index in [1.165, 1.54) is 65.1 Å². The van der Waals surface area contributed by atoms with Crippen molar-refractivity contribution in [2.24, 2.45) is 0 Å². The van der Waals surface area contributed by atoms with Crippen LogP contribution in [0.4, 0.5) is 0 Å². The molecular formula is C43H50HfSi. The van der Waals surface area contributed by atoms with Crippen LogP contribution >= 0.6 is 0 Å². The van der Waals surface area contributed by atoms with Crippen LogP contribution in [0.1, 0.15) is 87.2 Å². The number of benzene rings is 4. The maximum atomic E-state index is 2.82. The third-order valence-electron chi connectivity index (χ3n) is 11.8. The van der Waals surface area contributed by atoms with Crippen molar-refractivity contribution >= 4 is 20.2 Å². The molecule has 45 heavy (non-hydrogen) atoms. The summed E-state index contributed by atoms with van der Waals surface area (Å²) in [4.78, 5) is 0. The van der Waals surface area contributed by atoms with Crippen LogP contribution in [-0.4, -0.2) is 8.07 Å². The van der Waals surface area contributed by atoms with Crippen molar-refractivity contribution in [3.05, 3.63) is 129 Å². The number of unbranched alkanes of at least 4 members (excludes halogenated alkanes) is 3. The summed E-state index contributed by atoms with van der Waals surface area (Å²) in [6.45, 7) is 9.75. The van der Waals surface area contributed by atoms with Gasteiger partial charge in [-0.2, -0.15) is 0 Å². The second-order valence-corrected chi connectivity index (χ2v) is 36.2. The number of fused-ring (bicyclic) bond motifs is 6. The average molecular weight is 773 g/mol. The second kappa shape index (κ2) is 12.2. The predicted octanol–water partition coefficient (Wildman–Crippen LogP) is 12.7. The van der Waals surface area contributed by atoms with Crippen LogP contribution in [0.15, 0.2) is 95.3 Å². The van der Waals surface area contributed by atoms with E-state index in [2.05, 4.69) is 134 Å². The number of hydrogen-bond acceptors (Lipinski definition) is 0. The fourth-order valence-electron chi connectivity index (χ4n) is 9.54. The summed E-state index contributed by atoms with van der Waals surface area (Å²) in [7, 11) is -1.94. The van der Waals surface area contributed by atoms with Gasteiger partial charge in [0, 0.05) is 0 Å². The third kappa shape index (κ3) is 4.92. The van der Waals surface area contributed by atoms with Crippen molar-refractivity contribution in [3.63, 3.8) is 0 Å². The molecule has 1 heterocycles. The van der Waals surface area contributed by atoms with Gasteiger partial charge in [-0.1, -0.05) is 0 Å². The molecule has 0 radical (unpaired) electrons. The van der Waals surface area contributed by atoms with Gasteiger partial charge in [0.05, 0.1) is 0 Å². The van der Waals surface area contributed by atoms with Crippen molar-refractivity contribution in [1.29, 1.82) is 0 Å². The molecule has 1 saturated heterocycles. The molecule has 4 aromatic rings. The summed E-state index contributed by atoms with van der Waals surface area (Å²) >= 11 is -3.07. The van der Waals surface area contributed by atoms with E-state index < -0.39 is 28.0 Å². The third-order valence-corrected chi connectivity index (χ3v) is 33.8. The number of allylic oxidation sites excluding steroid dienone is 2. The first kappa shape index (κ1) is 31.1. The summed E-state index contributed by atoms with van der Waals surface area (Å²) in [5.74, 6) is 0. The van der Waals surface area contributed by atoms with Gasteiger partial charge in [-0.15, -0.1) is 0 Å². The summed E-state index contributed by atoms with van der Waals surface area (Å²) < 4.78 is 7.00. The van der Waals surface area contributed by atoms with E-state index in [1.54, 1.807) is 22.3 Å². The van der Waals surface area contributed by atoms with Crippen LogP contribution in [-0.2, 0) is 32.8 Å². The summed E-state index contributed by atoms with van der Waals surface area (Å²) in [5.41, 5.74) is 15.2. The Bertz CT molecular complexity index is 1700. The zero-order valence-electron chi connectivity index (χ0n) is 28.3. The second-order valence-electron chi connectivity index (χ2n) is 14.7. The zero-order valence-corrected chi connectivity index (χ0v) is 32.9. The Morgan fingerprint density at radius 3 is 1.49 bits per heavy atom. The van der Waals surface area contributed by atoms with Gasteiger partial charge in [-0.3, -0.25) is 0 Å². The van der Waals surface area contributed by atoms with E-state index >= 15 is 0 Å². The molecule has 2 heteroatoms. The molecule has 2 unspecified atom stereocenters. The summed E-state index contributed by atoms with van der Waals surface area (Å²) in [6, 6.07) is 34.4. The molecule has 0 spiro atoms. The van der Waals surface area contributed by atoms with Gasteiger partial charge in [-0.25, -0.2) is 0 Å². The predicted molar refractivity (Wildman–Crippen MR) is 196 cm³/mol. The number of hydrogen-bond donors (Lipinski definition) is 0. The van der Waals surface area contributed by atoms with Crippen molar-refractivity contribution in [2.75, 3.05) is 0 Å². The Balaban J connectivity index is 1.44. The Morgan fingerprint density at radius 2 is 1.02 bits per heavy atom. The van der Waals surface area contributed by atoms with E-state index in [1.807, 2.05) is 10.4 Å². The van der Waals surface area contributed by atoms with E-state index in [0.29, 0.717) is 7.35 Å². The molecule has 0 nitrogen and oxygen atoms in total. The van der Waals surface area contributed by atoms with Crippen LogP contribution < -0.4 is 0 Å². The number of rotatable bonds is 9. The first-order valence-corrected chi connectivity index (χ1v) is 31.8. The quantitative estimate of drug-likeness (QED) is 0.117. The Morgan fingerprint density at radius 1 is 0.556 bits per heavy atom. The van der Waals surface area contributed by atoms with E-state index in [9.17, 15) is 0 Å². The van der Waals surface area contributed by atoms with Crippen LogP contribution in [0, 0.1) is 0 Å².